The quantitative estimate of drug-likeness (QED) is 0.851. The molecule has 0 N–H and O–H groups in total. The van der Waals surface area contributed by atoms with E-state index in [-0.39, 0.29) is 11.9 Å². The molecule has 0 radical (unpaired) electrons. The Balaban J connectivity index is 1.57. The van der Waals surface area contributed by atoms with Gasteiger partial charge in [-0.05, 0) is 32.6 Å². The Morgan fingerprint density at radius 2 is 2.27 bits per heavy atom. The largest absolute Gasteiger partial charge is 0.335 e. The van der Waals surface area contributed by atoms with E-state index in [9.17, 15) is 4.79 Å². The number of carbonyl (C=O) groups excluding carboxylic acids is 1. The Bertz CT molecular complexity index is 607. The molecule has 2 aromatic rings. The summed E-state index contributed by atoms with van der Waals surface area (Å²) < 4.78 is 2.10. The molecule has 22 heavy (non-hydrogen) atoms. The van der Waals surface area contributed by atoms with E-state index >= 15 is 0 Å². The van der Waals surface area contributed by atoms with Crippen LogP contribution in [-0.4, -0.2) is 31.9 Å². The van der Waals surface area contributed by atoms with Crippen LogP contribution in [-0.2, 0) is 11.3 Å². The normalized spacial score (nSPS) is 18.6. The van der Waals surface area contributed by atoms with Crippen LogP contribution in [0.3, 0.4) is 0 Å². The lowest BCUT2D eigenvalue weighted by Crippen LogP contribution is -2.38. The van der Waals surface area contributed by atoms with E-state index in [0.29, 0.717) is 6.42 Å². The zero-order valence-electron chi connectivity index (χ0n) is 12.9. The molecule has 6 heteroatoms. The van der Waals surface area contributed by atoms with Gasteiger partial charge in [-0.2, -0.15) is 0 Å². The van der Waals surface area contributed by atoms with Crippen molar-refractivity contribution in [1.29, 1.82) is 0 Å². The van der Waals surface area contributed by atoms with Crippen molar-refractivity contribution < 1.29 is 4.79 Å². The highest BCUT2D eigenvalue weighted by Gasteiger charge is 2.29. The van der Waals surface area contributed by atoms with Crippen LogP contribution in [0.4, 0.5) is 0 Å². The number of carbonyl (C=O) groups is 1. The first-order valence-electron chi connectivity index (χ1n) is 7.92. The minimum atomic E-state index is 0.191. The van der Waals surface area contributed by atoms with Gasteiger partial charge in [0.15, 0.2) is 0 Å². The van der Waals surface area contributed by atoms with Crippen molar-refractivity contribution in [2.45, 2.75) is 51.6 Å². The number of piperidine rings is 1. The van der Waals surface area contributed by atoms with E-state index in [1.54, 1.807) is 17.5 Å². The van der Waals surface area contributed by atoms with Gasteiger partial charge in [0.05, 0.1) is 6.04 Å². The van der Waals surface area contributed by atoms with E-state index < -0.39 is 0 Å². The van der Waals surface area contributed by atoms with Gasteiger partial charge in [-0.3, -0.25) is 4.79 Å². The first-order chi connectivity index (χ1) is 10.8. The summed E-state index contributed by atoms with van der Waals surface area (Å²) in [6.07, 6.45) is 10.4. The Morgan fingerprint density at radius 1 is 1.36 bits per heavy atom. The third-order valence-electron chi connectivity index (χ3n) is 4.27. The Labute approximate surface area is 135 Å². The second kappa shape index (κ2) is 7.05. The van der Waals surface area contributed by atoms with Crippen LogP contribution in [0.1, 0.15) is 49.0 Å². The maximum absolute atomic E-state index is 12.6. The van der Waals surface area contributed by atoms with Crippen LogP contribution in [0.5, 0.6) is 0 Å². The van der Waals surface area contributed by atoms with Crippen molar-refractivity contribution in [2.75, 3.05) is 6.54 Å². The molecular formula is C16H22N4OS. The molecule has 3 heterocycles. The average Bonchev–Trinajstić information content (AvgIpc) is 3.19. The highest BCUT2D eigenvalue weighted by Crippen LogP contribution is 2.32. The molecule has 0 saturated carbocycles. The number of amides is 1. The predicted octanol–water partition coefficient (Wildman–Crippen LogP) is 3.18. The standard InChI is InChI=1S/C16H22N4OS/c1-13-17-7-11-19(13)9-4-6-15(21)20-10-3-2-5-14(20)16-18-8-12-22-16/h7-8,11-12,14H,2-6,9-10H2,1H3/t14-/m0/s1. The van der Waals surface area contributed by atoms with Crippen molar-refractivity contribution in [2.24, 2.45) is 0 Å². The first-order valence-corrected chi connectivity index (χ1v) is 8.80. The average molecular weight is 318 g/mol. The minimum Gasteiger partial charge on any atom is -0.335 e. The number of likely N-dealkylation sites (tertiary alicyclic amines) is 1. The lowest BCUT2D eigenvalue weighted by molar-refractivity contribution is -0.135. The molecule has 1 aliphatic rings. The number of aryl methyl sites for hydroxylation is 2. The second-order valence-electron chi connectivity index (χ2n) is 5.74. The van der Waals surface area contributed by atoms with E-state index in [2.05, 4.69) is 14.5 Å². The summed E-state index contributed by atoms with van der Waals surface area (Å²) in [5, 5.41) is 3.08. The molecule has 1 aliphatic heterocycles. The van der Waals surface area contributed by atoms with Gasteiger partial charge in [0.1, 0.15) is 10.8 Å². The van der Waals surface area contributed by atoms with Crippen molar-refractivity contribution in [1.82, 2.24) is 19.4 Å². The molecule has 1 amide bonds. The van der Waals surface area contributed by atoms with E-state index in [1.165, 1.54) is 6.42 Å². The molecule has 2 aromatic heterocycles. The molecule has 1 saturated heterocycles. The van der Waals surface area contributed by atoms with Crippen LogP contribution in [0.25, 0.3) is 0 Å². The van der Waals surface area contributed by atoms with Gasteiger partial charge in [0, 0.05) is 43.5 Å². The lowest BCUT2D eigenvalue weighted by atomic mass is 10.0. The summed E-state index contributed by atoms with van der Waals surface area (Å²) in [6.45, 7) is 3.71. The summed E-state index contributed by atoms with van der Waals surface area (Å²) in [7, 11) is 0. The maximum atomic E-state index is 12.6. The van der Waals surface area contributed by atoms with Crippen molar-refractivity contribution in [3.05, 3.63) is 34.8 Å². The van der Waals surface area contributed by atoms with Gasteiger partial charge in [-0.1, -0.05) is 0 Å². The third kappa shape index (κ3) is 3.38. The minimum absolute atomic E-state index is 0.191. The number of aromatic nitrogens is 3. The highest BCUT2D eigenvalue weighted by atomic mass is 32.1. The van der Waals surface area contributed by atoms with Crippen LogP contribution < -0.4 is 0 Å². The number of nitrogens with zero attached hydrogens (tertiary/aromatic N) is 4. The Hall–Kier alpha value is -1.69. The first kappa shape index (κ1) is 15.2. The monoisotopic (exact) mass is 318 g/mol. The molecule has 3 rings (SSSR count). The van der Waals surface area contributed by atoms with E-state index in [1.807, 2.05) is 29.6 Å². The zero-order chi connectivity index (χ0) is 15.4. The van der Waals surface area contributed by atoms with Gasteiger partial charge in [-0.25, -0.2) is 9.97 Å². The number of hydrogen-bond donors (Lipinski definition) is 0. The smallest absolute Gasteiger partial charge is 0.223 e. The summed E-state index contributed by atoms with van der Waals surface area (Å²) in [6, 6.07) is 0.191. The molecule has 5 nitrogen and oxygen atoms in total. The van der Waals surface area contributed by atoms with E-state index in [4.69, 9.17) is 0 Å². The molecule has 0 aromatic carbocycles. The number of thiazole rings is 1. The predicted molar refractivity (Wildman–Crippen MR) is 86.6 cm³/mol. The molecule has 1 fully saturated rings. The zero-order valence-corrected chi connectivity index (χ0v) is 13.8. The lowest BCUT2D eigenvalue weighted by Gasteiger charge is -2.34. The third-order valence-corrected chi connectivity index (χ3v) is 5.15. The summed E-state index contributed by atoms with van der Waals surface area (Å²) in [5.74, 6) is 1.27. The maximum Gasteiger partial charge on any atom is 0.223 e. The van der Waals surface area contributed by atoms with Gasteiger partial charge in [0.25, 0.3) is 0 Å². The van der Waals surface area contributed by atoms with E-state index in [0.717, 1.165) is 43.2 Å². The van der Waals surface area contributed by atoms with Crippen LogP contribution >= 0.6 is 11.3 Å². The summed E-state index contributed by atoms with van der Waals surface area (Å²) >= 11 is 1.66. The number of imidazole rings is 1. The highest BCUT2D eigenvalue weighted by molar-refractivity contribution is 7.09. The number of hydrogen-bond acceptors (Lipinski definition) is 4. The number of rotatable bonds is 5. The molecule has 0 aliphatic carbocycles. The molecular weight excluding hydrogens is 296 g/mol. The van der Waals surface area contributed by atoms with Crippen LogP contribution in [0, 0.1) is 6.92 Å². The van der Waals surface area contributed by atoms with Crippen molar-refractivity contribution in [3.63, 3.8) is 0 Å². The van der Waals surface area contributed by atoms with Crippen molar-refractivity contribution in [3.8, 4) is 0 Å². The fourth-order valence-corrected chi connectivity index (χ4v) is 3.86. The summed E-state index contributed by atoms with van der Waals surface area (Å²) in [5.41, 5.74) is 0. The van der Waals surface area contributed by atoms with Crippen molar-refractivity contribution >= 4 is 17.2 Å². The summed E-state index contributed by atoms with van der Waals surface area (Å²) in [4.78, 5) is 23.3. The second-order valence-corrected chi connectivity index (χ2v) is 6.67. The molecule has 0 spiro atoms. The van der Waals surface area contributed by atoms with Crippen LogP contribution in [0.15, 0.2) is 24.0 Å². The molecule has 0 bridgehead atoms. The van der Waals surface area contributed by atoms with Crippen LogP contribution in [0.2, 0.25) is 0 Å². The van der Waals surface area contributed by atoms with Gasteiger partial charge >= 0.3 is 0 Å². The molecule has 118 valence electrons. The van der Waals surface area contributed by atoms with Gasteiger partial charge in [-0.15, -0.1) is 11.3 Å². The molecule has 0 unspecified atom stereocenters. The molecule has 1 atom stereocenters. The topological polar surface area (TPSA) is 51.0 Å². The van der Waals surface area contributed by atoms with Gasteiger partial charge < -0.3 is 9.47 Å². The SMILES string of the molecule is Cc1nccn1CCCC(=O)N1CCCC[C@H]1c1nccs1. The van der Waals surface area contributed by atoms with Gasteiger partial charge in [0.2, 0.25) is 5.91 Å². The fraction of sp³-hybridized carbons (Fsp3) is 0.562. The Kier molecular flexibility index (Phi) is 4.87. The fourth-order valence-electron chi connectivity index (χ4n) is 3.07. The Morgan fingerprint density at radius 3 is 3.00 bits per heavy atom.